The van der Waals surface area contributed by atoms with E-state index in [2.05, 4.69) is 15.0 Å². The molecule has 0 spiro atoms. The predicted molar refractivity (Wildman–Crippen MR) is 106 cm³/mol. The Kier molecular flexibility index (Phi) is 6.43. The van der Waals surface area contributed by atoms with Gasteiger partial charge in [-0.2, -0.15) is 8.78 Å². The topological polar surface area (TPSA) is 97.0 Å². The highest BCUT2D eigenvalue weighted by Crippen LogP contribution is 2.40. The Morgan fingerprint density at radius 3 is 2.38 bits per heavy atom. The second kappa shape index (κ2) is 8.44. The van der Waals surface area contributed by atoms with E-state index in [0.29, 0.717) is 16.8 Å². The molecule has 2 amide bonds. The van der Waals surface area contributed by atoms with Gasteiger partial charge in [0.05, 0.1) is 0 Å². The second-order valence-electron chi connectivity index (χ2n) is 6.21. The Hall–Kier alpha value is -3.20. The number of nitrogens with zero attached hydrogens (tertiary/aromatic N) is 2. The summed E-state index contributed by atoms with van der Waals surface area (Å²) in [6, 6.07) is 12.3. The maximum absolute atomic E-state index is 13.1. The number of nitrogens with one attached hydrogen (secondary N) is 1. The van der Waals surface area contributed by atoms with Crippen molar-refractivity contribution in [2.75, 3.05) is 12.4 Å². The van der Waals surface area contributed by atoms with Crippen molar-refractivity contribution in [2.45, 2.75) is 19.1 Å². The van der Waals surface area contributed by atoms with Gasteiger partial charge in [-0.15, -0.1) is 12.4 Å². The number of nitrogens with two attached hydrogens (primary N) is 1. The molecule has 0 saturated heterocycles. The number of halogens is 3. The molecule has 0 aliphatic carbocycles. The van der Waals surface area contributed by atoms with Crippen LogP contribution in [0.2, 0.25) is 0 Å². The van der Waals surface area contributed by atoms with Gasteiger partial charge in [0.15, 0.2) is 11.5 Å². The number of hydrogen-bond acceptors (Lipinski definition) is 5. The molecule has 0 aromatic heterocycles. The summed E-state index contributed by atoms with van der Waals surface area (Å²) < 4.78 is 29.2. The van der Waals surface area contributed by atoms with E-state index in [-0.39, 0.29) is 30.0 Å². The summed E-state index contributed by atoms with van der Waals surface area (Å²) in [6.45, 7) is -1.59. The lowest BCUT2D eigenvalue weighted by Crippen LogP contribution is -2.41. The molecule has 1 unspecified atom stereocenters. The number of guanidine groups is 1. The van der Waals surface area contributed by atoms with Crippen molar-refractivity contribution in [1.82, 2.24) is 4.90 Å². The first-order chi connectivity index (χ1) is 13.2. The van der Waals surface area contributed by atoms with Crippen LogP contribution in [0.5, 0.6) is 5.75 Å². The van der Waals surface area contributed by atoms with Gasteiger partial charge in [-0.1, -0.05) is 24.3 Å². The molecule has 10 heteroatoms. The van der Waals surface area contributed by atoms with Crippen LogP contribution in [0.1, 0.15) is 18.1 Å². The van der Waals surface area contributed by atoms with Crippen molar-refractivity contribution in [3.8, 4) is 5.75 Å². The molecule has 0 bridgehead atoms. The van der Waals surface area contributed by atoms with Crippen molar-refractivity contribution in [3.05, 3.63) is 59.7 Å². The number of anilines is 1. The van der Waals surface area contributed by atoms with Crippen molar-refractivity contribution in [1.29, 1.82) is 0 Å². The van der Waals surface area contributed by atoms with Gasteiger partial charge in [0.1, 0.15) is 5.75 Å². The number of likely N-dealkylation sites (N-methyl/N-ethyl adjacent to an activating group) is 1. The van der Waals surface area contributed by atoms with Crippen LogP contribution in [0.25, 0.3) is 0 Å². The minimum atomic E-state index is -2.96. The highest BCUT2D eigenvalue weighted by molar-refractivity contribution is 6.09. The largest absolute Gasteiger partial charge is 0.435 e. The fourth-order valence-corrected chi connectivity index (χ4v) is 3.09. The number of carbonyl (C=O) groups is 2. The minimum absolute atomic E-state index is 0. The molecular formula is C19H19ClF2N4O3. The van der Waals surface area contributed by atoms with E-state index in [4.69, 9.17) is 5.73 Å². The Morgan fingerprint density at radius 1 is 1.21 bits per heavy atom. The predicted octanol–water partition coefficient (Wildman–Crippen LogP) is 2.70. The zero-order chi connectivity index (χ0) is 20.5. The van der Waals surface area contributed by atoms with Gasteiger partial charge >= 0.3 is 6.61 Å². The Labute approximate surface area is 172 Å². The Morgan fingerprint density at radius 2 is 1.86 bits per heavy atom. The summed E-state index contributed by atoms with van der Waals surface area (Å²) in [5, 5.41) is 2.66. The first-order valence-corrected chi connectivity index (χ1v) is 8.31. The van der Waals surface area contributed by atoms with Gasteiger partial charge in [-0.05, 0) is 35.4 Å². The molecule has 0 radical (unpaired) electrons. The Balaban J connectivity index is 0.00000300. The third-order valence-corrected chi connectivity index (χ3v) is 4.34. The van der Waals surface area contributed by atoms with Gasteiger partial charge in [0.2, 0.25) is 5.91 Å². The molecular weight excluding hydrogens is 406 g/mol. The zero-order valence-electron chi connectivity index (χ0n) is 15.6. The quantitative estimate of drug-likeness (QED) is 0.771. The van der Waals surface area contributed by atoms with Crippen LogP contribution in [0.15, 0.2) is 53.5 Å². The third kappa shape index (κ3) is 4.14. The maximum atomic E-state index is 13.1. The summed E-state index contributed by atoms with van der Waals surface area (Å²) in [5.41, 5.74) is 5.77. The Bertz CT molecular complexity index is 953. The molecule has 2 aromatic carbocycles. The smallest absolute Gasteiger partial charge is 0.387 e. The monoisotopic (exact) mass is 424 g/mol. The summed E-state index contributed by atoms with van der Waals surface area (Å²) >= 11 is 0. The van der Waals surface area contributed by atoms with Crippen molar-refractivity contribution in [2.24, 2.45) is 10.7 Å². The number of ether oxygens (including phenoxy) is 1. The van der Waals surface area contributed by atoms with E-state index < -0.39 is 18.1 Å². The van der Waals surface area contributed by atoms with Crippen LogP contribution in [0, 0.1) is 0 Å². The maximum Gasteiger partial charge on any atom is 0.387 e. The molecule has 1 heterocycles. The van der Waals surface area contributed by atoms with E-state index in [1.54, 1.807) is 24.3 Å². The molecule has 0 saturated carbocycles. The molecule has 29 heavy (non-hydrogen) atoms. The number of benzene rings is 2. The molecule has 1 atom stereocenters. The van der Waals surface area contributed by atoms with Gasteiger partial charge in [-0.25, -0.2) is 4.99 Å². The summed E-state index contributed by atoms with van der Waals surface area (Å²) in [4.78, 5) is 30.1. The van der Waals surface area contributed by atoms with E-state index in [1.165, 1.54) is 43.1 Å². The lowest BCUT2D eigenvalue weighted by molar-refractivity contribution is -0.129. The average molecular weight is 425 g/mol. The normalized spacial score (nSPS) is 18.3. The molecule has 2 aromatic rings. The number of hydrogen-bond donors (Lipinski definition) is 2. The molecule has 3 rings (SSSR count). The number of aliphatic imine (C=N–C) groups is 1. The first-order valence-electron chi connectivity index (χ1n) is 8.31. The molecule has 7 nitrogen and oxygen atoms in total. The van der Waals surface area contributed by atoms with E-state index >= 15 is 0 Å². The van der Waals surface area contributed by atoms with E-state index in [9.17, 15) is 18.4 Å². The number of carbonyl (C=O) groups excluding carboxylic acids is 2. The van der Waals surface area contributed by atoms with Crippen molar-refractivity contribution < 1.29 is 23.1 Å². The highest BCUT2D eigenvalue weighted by atomic mass is 35.5. The van der Waals surface area contributed by atoms with Gasteiger partial charge in [0, 0.05) is 19.7 Å². The lowest BCUT2D eigenvalue weighted by atomic mass is 9.82. The molecule has 1 aliphatic rings. The SMILES string of the molecule is CC(=O)Nc1cccc(C2(c3ccc(OC(F)F)cc3)N=C(N)N(C)C2=O)c1.Cl. The summed E-state index contributed by atoms with van der Waals surface area (Å²) in [7, 11) is 1.49. The van der Waals surface area contributed by atoms with Crippen LogP contribution in [0.3, 0.4) is 0 Å². The van der Waals surface area contributed by atoms with E-state index in [1.807, 2.05) is 0 Å². The van der Waals surface area contributed by atoms with Crippen LogP contribution in [-0.4, -0.2) is 36.3 Å². The number of amides is 2. The van der Waals surface area contributed by atoms with Gasteiger partial charge in [-0.3, -0.25) is 14.5 Å². The number of rotatable bonds is 5. The van der Waals surface area contributed by atoms with Crippen molar-refractivity contribution >= 4 is 35.9 Å². The standard InChI is InChI=1S/C19H18F2N4O3.ClH/c1-11(26)23-14-5-3-4-13(10-14)19(16(27)25(2)18(22)24-19)12-6-8-15(9-7-12)28-17(20)21;/h3-10,17H,1-2H3,(H2,22,24)(H,23,26);1H. The number of alkyl halides is 2. The molecule has 154 valence electrons. The second-order valence-corrected chi connectivity index (χ2v) is 6.21. The van der Waals surface area contributed by atoms with Crippen LogP contribution in [0.4, 0.5) is 14.5 Å². The van der Waals surface area contributed by atoms with Crippen LogP contribution < -0.4 is 15.8 Å². The molecule has 0 fully saturated rings. The highest BCUT2D eigenvalue weighted by Gasteiger charge is 2.49. The fourth-order valence-electron chi connectivity index (χ4n) is 3.09. The van der Waals surface area contributed by atoms with Crippen LogP contribution in [-0.2, 0) is 15.1 Å². The lowest BCUT2D eigenvalue weighted by Gasteiger charge is -2.26. The molecule has 1 aliphatic heterocycles. The summed E-state index contributed by atoms with van der Waals surface area (Å²) in [5.74, 6) is -0.704. The first kappa shape index (κ1) is 22.1. The minimum Gasteiger partial charge on any atom is -0.435 e. The van der Waals surface area contributed by atoms with E-state index in [0.717, 1.165) is 0 Å². The van der Waals surface area contributed by atoms with Gasteiger partial charge < -0.3 is 15.8 Å². The zero-order valence-corrected chi connectivity index (χ0v) is 16.4. The third-order valence-electron chi connectivity index (χ3n) is 4.34. The van der Waals surface area contributed by atoms with Crippen LogP contribution >= 0.6 is 12.4 Å². The fraction of sp³-hybridized carbons (Fsp3) is 0.211. The molecule has 3 N–H and O–H groups in total. The average Bonchev–Trinajstić information content (AvgIpc) is 2.86. The van der Waals surface area contributed by atoms with Gasteiger partial charge in [0.25, 0.3) is 5.91 Å². The van der Waals surface area contributed by atoms with Crippen molar-refractivity contribution in [3.63, 3.8) is 0 Å². The summed E-state index contributed by atoms with van der Waals surface area (Å²) in [6.07, 6.45) is 0.